The number of aromatic nitrogens is 2. The highest BCUT2D eigenvalue weighted by molar-refractivity contribution is 5.67. The maximum Gasteiger partial charge on any atom is 0.215 e. The molecule has 2 aromatic rings. The number of nitrogens with zero attached hydrogens (tertiary/aromatic N) is 3. The maximum atomic E-state index is 13.9. The van der Waals surface area contributed by atoms with Gasteiger partial charge in [0.1, 0.15) is 11.6 Å². The minimum atomic E-state index is -0.516. The molecule has 0 atom stereocenters. The van der Waals surface area contributed by atoms with Crippen LogP contribution in [0.1, 0.15) is 5.56 Å². The number of hydrogen-bond acceptors (Lipinski definition) is 5. The van der Waals surface area contributed by atoms with Crippen LogP contribution in [-0.4, -0.2) is 36.3 Å². The Morgan fingerprint density at radius 3 is 2.71 bits per heavy atom. The zero-order valence-corrected chi connectivity index (χ0v) is 11.8. The Labute approximate surface area is 122 Å². The molecule has 3 rings (SSSR count). The molecule has 21 heavy (non-hydrogen) atoms. The number of aryl methyl sites for hydroxylation is 1. The van der Waals surface area contributed by atoms with Gasteiger partial charge in [0.2, 0.25) is 5.95 Å². The number of morpholine rings is 1. The van der Waals surface area contributed by atoms with Crippen molar-refractivity contribution in [1.29, 1.82) is 0 Å². The van der Waals surface area contributed by atoms with Gasteiger partial charge in [-0.05, 0) is 24.6 Å². The molecule has 1 aliphatic rings. The highest BCUT2D eigenvalue weighted by Gasteiger charge is 2.16. The van der Waals surface area contributed by atoms with Crippen molar-refractivity contribution < 1.29 is 9.13 Å². The van der Waals surface area contributed by atoms with Gasteiger partial charge in [0.25, 0.3) is 0 Å². The summed E-state index contributed by atoms with van der Waals surface area (Å²) in [5.74, 6) is 0.510. The third-order valence-electron chi connectivity index (χ3n) is 3.51. The second kappa shape index (κ2) is 5.65. The van der Waals surface area contributed by atoms with E-state index in [0.717, 1.165) is 5.56 Å². The van der Waals surface area contributed by atoms with Crippen LogP contribution in [0.25, 0.3) is 11.3 Å². The van der Waals surface area contributed by atoms with Crippen molar-refractivity contribution in [1.82, 2.24) is 9.97 Å². The second-order valence-electron chi connectivity index (χ2n) is 5.04. The number of nitrogen functional groups attached to an aromatic ring is 1. The Hall–Kier alpha value is -2.21. The van der Waals surface area contributed by atoms with Crippen LogP contribution in [0.3, 0.4) is 0 Å². The first-order chi connectivity index (χ1) is 10.1. The first-order valence-electron chi connectivity index (χ1n) is 6.87. The topological polar surface area (TPSA) is 64.3 Å². The summed E-state index contributed by atoms with van der Waals surface area (Å²) in [6, 6.07) is 6.85. The average Bonchev–Trinajstić information content (AvgIpc) is 2.50. The molecule has 0 spiro atoms. The van der Waals surface area contributed by atoms with Crippen LogP contribution < -0.4 is 10.6 Å². The smallest absolute Gasteiger partial charge is 0.215 e. The van der Waals surface area contributed by atoms with Gasteiger partial charge >= 0.3 is 0 Å². The summed E-state index contributed by atoms with van der Waals surface area (Å²) >= 11 is 0. The predicted molar refractivity (Wildman–Crippen MR) is 79.6 cm³/mol. The molecule has 2 N–H and O–H groups in total. The summed E-state index contributed by atoms with van der Waals surface area (Å²) in [6.07, 6.45) is 0. The first kappa shape index (κ1) is 13.8. The fourth-order valence-electron chi connectivity index (χ4n) is 2.41. The van der Waals surface area contributed by atoms with E-state index < -0.39 is 5.95 Å². The van der Waals surface area contributed by atoms with Gasteiger partial charge in [-0.15, -0.1) is 0 Å². The highest BCUT2D eigenvalue weighted by Crippen LogP contribution is 2.26. The zero-order chi connectivity index (χ0) is 14.8. The monoisotopic (exact) mass is 288 g/mol. The van der Waals surface area contributed by atoms with Crippen molar-refractivity contribution in [3.05, 3.63) is 35.8 Å². The van der Waals surface area contributed by atoms with Gasteiger partial charge in [-0.2, -0.15) is 4.39 Å². The summed E-state index contributed by atoms with van der Waals surface area (Å²) in [7, 11) is 0. The molecule has 0 aromatic carbocycles. The number of halogens is 1. The van der Waals surface area contributed by atoms with Gasteiger partial charge < -0.3 is 15.4 Å². The van der Waals surface area contributed by atoms with E-state index in [2.05, 4.69) is 9.97 Å². The van der Waals surface area contributed by atoms with E-state index in [-0.39, 0.29) is 0 Å². The lowest BCUT2D eigenvalue weighted by Crippen LogP contribution is -2.36. The Bertz CT molecular complexity index is 656. The highest BCUT2D eigenvalue weighted by atomic mass is 19.1. The van der Waals surface area contributed by atoms with Gasteiger partial charge in [0.05, 0.1) is 18.9 Å². The predicted octanol–water partition coefficient (Wildman–Crippen LogP) is 2.01. The lowest BCUT2D eigenvalue weighted by atomic mass is 10.1. The molecule has 1 saturated heterocycles. The average molecular weight is 288 g/mol. The first-order valence-corrected chi connectivity index (χ1v) is 6.87. The minimum absolute atomic E-state index is 0.417. The van der Waals surface area contributed by atoms with E-state index in [4.69, 9.17) is 10.5 Å². The molecule has 1 fully saturated rings. The van der Waals surface area contributed by atoms with Crippen LogP contribution >= 0.6 is 0 Å². The molecule has 110 valence electrons. The Morgan fingerprint density at radius 1 is 1.19 bits per heavy atom. The third kappa shape index (κ3) is 2.95. The molecule has 0 unspecified atom stereocenters. The van der Waals surface area contributed by atoms with Crippen LogP contribution in [0.5, 0.6) is 0 Å². The van der Waals surface area contributed by atoms with Crippen molar-refractivity contribution in [2.45, 2.75) is 6.92 Å². The molecular formula is C15H17FN4O. The maximum absolute atomic E-state index is 13.9. The number of pyridine rings is 2. The molecule has 0 amide bonds. The van der Waals surface area contributed by atoms with E-state index in [9.17, 15) is 4.39 Å². The molecule has 1 aliphatic heterocycles. The van der Waals surface area contributed by atoms with Crippen LogP contribution in [0, 0.1) is 12.9 Å². The van der Waals surface area contributed by atoms with Crippen molar-refractivity contribution >= 4 is 11.6 Å². The van der Waals surface area contributed by atoms with Crippen molar-refractivity contribution in [3.8, 4) is 11.3 Å². The molecule has 0 saturated carbocycles. The summed E-state index contributed by atoms with van der Waals surface area (Å²) < 4.78 is 19.2. The quantitative estimate of drug-likeness (QED) is 0.856. The molecule has 2 aromatic heterocycles. The second-order valence-corrected chi connectivity index (χ2v) is 5.04. The molecular weight excluding hydrogens is 271 g/mol. The van der Waals surface area contributed by atoms with Gasteiger partial charge in [-0.25, -0.2) is 9.97 Å². The lowest BCUT2D eigenvalue weighted by Gasteiger charge is -2.28. The van der Waals surface area contributed by atoms with Crippen molar-refractivity contribution in [2.75, 3.05) is 36.9 Å². The van der Waals surface area contributed by atoms with E-state index in [1.807, 2.05) is 24.0 Å². The molecule has 0 radical (unpaired) electrons. The van der Waals surface area contributed by atoms with E-state index in [0.29, 0.717) is 49.2 Å². The number of anilines is 2. The Kier molecular flexibility index (Phi) is 3.70. The summed E-state index contributed by atoms with van der Waals surface area (Å²) in [6.45, 7) is 4.60. The molecule has 0 bridgehead atoms. The van der Waals surface area contributed by atoms with E-state index in [1.54, 1.807) is 6.07 Å². The minimum Gasteiger partial charge on any atom is -0.384 e. The summed E-state index contributed by atoms with van der Waals surface area (Å²) in [4.78, 5) is 10.3. The normalized spacial score (nSPS) is 15.2. The fraction of sp³-hybridized carbons (Fsp3) is 0.333. The van der Waals surface area contributed by atoms with Gasteiger partial charge in [0, 0.05) is 24.7 Å². The van der Waals surface area contributed by atoms with Crippen molar-refractivity contribution in [3.63, 3.8) is 0 Å². The van der Waals surface area contributed by atoms with Gasteiger partial charge in [-0.3, -0.25) is 0 Å². The van der Waals surface area contributed by atoms with Crippen molar-refractivity contribution in [2.24, 2.45) is 0 Å². The molecule has 3 heterocycles. The molecule has 6 heteroatoms. The van der Waals surface area contributed by atoms with Gasteiger partial charge in [-0.1, -0.05) is 6.07 Å². The Morgan fingerprint density at radius 2 is 1.95 bits per heavy atom. The van der Waals surface area contributed by atoms with E-state index in [1.165, 1.54) is 6.07 Å². The largest absolute Gasteiger partial charge is 0.384 e. The number of hydrogen-bond donors (Lipinski definition) is 1. The molecule has 0 aliphatic carbocycles. The third-order valence-corrected chi connectivity index (χ3v) is 3.51. The SMILES string of the molecule is Cc1ccc(N)nc1-c1cc(F)nc(N2CCOCC2)c1. The number of nitrogens with two attached hydrogens (primary N) is 1. The summed E-state index contributed by atoms with van der Waals surface area (Å²) in [5, 5.41) is 0. The lowest BCUT2D eigenvalue weighted by molar-refractivity contribution is 0.122. The summed E-state index contributed by atoms with van der Waals surface area (Å²) in [5.41, 5.74) is 8.06. The van der Waals surface area contributed by atoms with E-state index >= 15 is 0 Å². The van der Waals surface area contributed by atoms with Gasteiger partial charge in [0.15, 0.2) is 0 Å². The Balaban J connectivity index is 2.02. The van der Waals surface area contributed by atoms with Crippen LogP contribution in [0.15, 0.2) is 24.3 Å². The van der Waals surface area contributed by atoms with Crippen LogP contribution in [-0.2, 0) is 4.74 Å². The molecule has 5 nitrogen and oxygen atoms in total. The zero-order valence-electron chi connectivity index (χ0n) is 11.8. The fourth-order valence-corrected chi connectivity index (χ4v) is 2.41. The van der Waals surface area contributed by atoms with Crippen LogP contribution in [0.2, 0.25) is 0 Å². The van der Waals surface area contributed by atoms with Crippen LogP contribution in [0.4, 0.5) is 16.0 Å². The number of ether oxygens (including phenoxy) is 1. The number of rotatable bonds is 2. The standard InChI is InChI=1S/C15H17FN4O/c1-10-2-3-13(17)19-15(10)11-8-12(16)18-14(9-11)20-4-6-21-7-5-20/h2-3,8-9H,4-7H2,1H3,(H2,17,19).